The van der Waals surface area contributed by atoms with Gasteiger partial charge in [0.1, 0.15) is 0 Å². The fourth-order valence-electron chi connectivity index (χ4n) is 3.85. The van der Waals surface area contributed by atoms with Gasteiger partial charge in [0.25, 0.3) is 0 Å². The third kappa shape index (κ3) is 2.46. The van der Waals surface area contributed by atoms with Crippen LogP contribution in [0.5, 0.6) is 0 Å². The standard InChI is InChI=1S/C18H21N3O3/c22-16-4-1-9-19(16)13-7-8-14(20-10-2-5-17(20)23)15(12-13)21-11-3-6-18(21)24/h7-8,12H,1-6,9-11H2. The molecular formula is C18H21N3O3. The Balaban J connectivity index is 1.77. The fraction of sp³-hybridized carbons (Fsp3) is 0.500. The molecule has 0 atom stereocenters. The maximum absolute atomic E-state index is 12.3. The monoisotopic (exact) mass is 327 g/mol. The van der Waals surface area contributed by atoms with Crippen LogP contribution in [0.3, 0.4) is 0 Å². The molecule has 0 aromatic heterocycles. The summed E-state index contributed by atoms with van der Waals surface area (Å²) in [5.74, 6) is 0.319. The van der Waals surface area contributed by atoms with Gasteiger partial charge in [-0.2, -0.15) is 0 Å². The number of carbonyl (C=O) groups is 3. The summed E-state index contributed by atoms with van der Waals surface area (Å²) >= 11 is 0. The summed E-state index contributed by atoms with van der Waals surface area (Å²) in [6, 6.07) is 5.70. The van der Waals surface area contributed by atoms with Gasteiger partial charge < -0.3 is 14.7 Å². The Morgan fingerprint density at radius 2 is 1.12 bits per heavy atom. The minimum atomic E-state index is 0.0906. The molecule has 3 heterocycles. The van der Waals surface area contributed by atoms with Crippen molar-refractivity contribution in [3.63, 3.8) is 0 Å². The van der Waals surface area contributed by atoms with Crippen LogP contribution < -0.4 is 14.7 Å². The molecule has 3 saturated heterocycles. The smallest absolute Gasteiger partial charge is 0.227 e. The quantitative estimate of drug-likeness (QED) is 0.854. The van der Waals surface area contributed by atoms with Crippen LogP contribution in [-0.2, 0) is 14.4 Å². The first-order valence-corrected chi connectivity index (χ1v) is 8.70. The first kappa shape index (κ1) is 15.2. The Hall–Kier alpha value is -2.37. The summed E-state index contributed by atoms with van der Waals surface area (Å²) in [7, 11) is 0. The van der Waals surface area contributed by atoms with Crippen LogP contribution in [0.15, 0.2) is 18.2 Å². The number of benzene rings is 1. The lowest BCUT2D eigenvalue weighted by Gasteiger charge is -2.27. The number of nitrogens with zero attached hydrogens (tertiary/aromatic N) is 3. The second kappa shape index (κ2) is 5.92. The van der Waals surface area contributed by atoms with E-state index in [0.29, 0.717) is 38.9 Å². The normalized spacial score (nSPS) is 21.5. The Kier molecular flexibility index (Phi) is 3.75. The molecular weight excluding hydrogens is 306 g/mol. The maximum atomic E-state index is 12.3. The maximum Gasteiger partial charge on any atom is 0.227 e. The Labute approximate surface area is 141 Å². The topological polar surface area (TPSA) is 60.9 Å². The van der Waals surface area contributed by atoms with Crippen LogP contribution in [-0.4, -0.2) is 37.4 Å². The van der Waals surface area contributed by atoms with Crippen molar-refractivity contribution in [2.75, 3.05) is 34.3 Å². The molecule has 0 unspecified atom stereocenters. The van der Waals surface area contributed by atoms with Crippen molar-refractivity contribution >= 4 is 34.8 Å². The van der Waals surface area contributed by atoms with E-state index in [-0.39, 0.29) is 17.7 Å². The average Bonchev–Trinajstić information content (AvgIpc) is 3.29. The third-order valence-electron chi connectivity index (χ3n) is 5.07. The van der Waals surface area contributed by atoms with Gasteiger partial charge in [0.15, 0.2) is 0 Å². The van der Waals surface area contributed by atoms with Crippen molar-refractivity contribution in [2.45, 2.75) is 38.5 Å². The van der Waals surface area contributed by atoms with Crippen molar-refractivity contribution in [3.05, 3.63) is 18.2 Å². The lowest BCUT2D eigenvalue weighted by atomic mass is 10.2. The first-order chi connectivity index (χ1) is 11.6. The number of amides is 3. The highest BCUT2D eigenvalue weighted by Gasteiger charge is 2.31. The van der Waals surface area contributed by atoms with Gasteiger partial charge in [0.05, 0.1) is 11.4 Å². The highest BCUT2D eigenvalue weighted by Crippen LogP contribution is 2.38. The molecule has 3 amide bonds. The summed E-state index contributed by atoms with van der Waals surface area (Å²) < 4.78 is 0. The highest BCUT2D eigenvalue weighted by atomic mass is 16.2. The third-order valence-corrected chi connectivity index (χ3v) is 5.07. The number of rotatable bonds is 3. The molecule has 0 saturated carbocycles. The van der Waals surface area contributed by atoms with Gasteiger partial charge in [-0.15, -0.1) is 0 Å². The van der Waals surface area contributed by atoms with Crippen molar-refractivity contribution < 1.29 is 14.4 Å². The second-order valence-corrected chi connectivity index (χ2v) is 6.62. The van der Waals surface area contributed by atoms with E-state index in [1.165, 1.54) is 0 Å². The molecule has 0 N–H and O–H groups in total. The van der Waals surface area contributed by atoms with Crippen LogP contribution in [0.2, 0.25) is 0 Å². The molecule has 6 heteroatoms. The largest absolute Gasteiger partial charge is 0.312 e. The lowest BCUT2D eigenvalue weighted by Crippen LogP contribution is -2.31. The first-order valence-electron chi connectivity index (χ1n) is 8.70. The van der Waals surface area contributed by atoms with Gasteiger partial charge in [0.2, 0.25) is 17.7 Å². The van der Waals surface area contributed by atoms with Crippen LogP contribution in [0.4, 0.5) is 17.1 Å². The zero-order valence-electron chi connectivity index (χ0n) is 13.7. The average molecular weight is 327 g/mol. The van der Waals surface area contributed by atoms with Gasteiger partial charge in [-0.3, -0.25) is 14.4 Å². The predicted octanol–water partition coefficient (Wildman–Crippen LogP) is 2.07. The van der Waals surface area contributed by atoms with Gasteiger partial charge in [-0.25, -0.2) is 0 Å². The highest BCUT2D eigenvalue weighted by molar-refractivity contribution is 6.05. The van der Waals surface area contributed by atoms with E-state index < -0.39 is 0 Å². The number of anilines is 3. The molecule has 0 aliphatic carbocycles. The van der Waals surface area contributed by atoms with Crippen LogP contribution >= 0.6 is 0 Å². The summed E-state index contributed by atoms with van der Waals surface area (Å²) in [4.78, 5) is 41.8. The van der Waals surface area contributed by atoms with Gasteiger partial charge in [-0.05, 0) is 37.5 Å². The van der Waals surface area contributed by atoms with Crippen LogP contribution in [0, 0.1) is 0 Å². The molecule has 1 aromatic carbocycles. The summed E-state index contributed by atoms with van der Waals surface area (Å²) in [6.07, 6.45) is 4.21. The van der Waals surface area contributed by atoms with E-state index in [1.54, 1.807) is 14.7 Å². The number of hydrogen-bond acceptors (Lipinski definition) is 3. The number of carbonyl (C=O) groups excluding carboxylic acids is 3. The summed E-state index contributed by atoms with van der Waals surface area (Å²) in [6.45, 7) is 2.08. The van der Waals surface area contributed by atoms with Crippen molar-refractivity contribution in [2.24, 2.45) is 0 Å². The lowest BCUT2D eigenvalue weighted by molar-refractivity contribution is -0.118. The molecule has 3 aliphatic rings. The van der Waals surface area contributed by atoms with E-state index in [2.05, 4.69) is 0 Å². The SMILES string of the molecule is O=C1CCCN1c1ccc(N2CCCC2=O)c(N2CCCC2=O)c1. The molecule has 0 spiro atoms. The number of hydrogen-bond donors (Lipinski definition) is 0. The van der Waals surface area contributed by atoms with E-state index in [0.717, 1.165) is 36.3 Å². The van der Waals surface area contributed by atoms with E-state index in [1.807, 2.05) is 18.2 Å². The molecule has 4 rings (SSSR count). The molecule has 3 fully saturated rings. The molecule has 3 aliphatic heterocycles. The summed E-state index contributed by atoms with van der Waals surface area (Å²) in [5, 5.41) is 0. The van der Waals surface area contributed by atoms with Crippen molar-refractivity contribution in [1.29, 1.82) is 0 Å². The summed E-state index contributed by atoms with van der Waals surface area (Å²) in [5.41, 5.74) is 2.38. The minimum Gasteiger partial charge on any atom is -0.312 e. The zero-order chi connectivity index (χ0) is 16.7. The van der Waals surface area contributed by atoms with Crippen LogP contribution in [0.1, 0.15) is 38.5 Å². The second-order valence-electron chi connectivity index (χ2n) is 6.62. The van der Waals surface area contributed by atoms with E-state index in [9.17, 15) is 14.4 Å². The fourth-order valence-corrected chi connectivity index (χ4v) is 3.85. The van der Waals surface area contributed by atoms with Crippen molar-refractivity contribution in [1.82, 2.24) is 0 Å². The molecule has 126 valence electrons. The molecule has 1 aromatic rings. The van der Waals surface area contributed by atoms with Crippen LogP contribution in [0.25, 0.3) is 0 Å². The van der Waals surface area contributed by atoms with Gasteiger partial charge in [0, 0.05) is 44.6 Å². The molecule has 0 radical (unpaired) electrons. The van der Waals surface area contributed by atoms with E-state index >= 15 is 0 Å². The Morgan fingerprint density at radius 3 is 1.62 bits per heavy atom. The van der Waals surface area contributed by atoms with Gasteiger partial charge in [-0.1, -0.05) is 0 Å². The molecule has 0 bridgehead atoms. The molecule has 24 heavy (non-hydrogen) atoms. The van der Waals surface area contributed by atoms with E-state index in [4.69, 9.17) is 0 Å². The van der Waals surface area contributed by atoms with Gasteiger partial charge >= 0.3 is 0 Å². The van der Waals surface area contributed by atoms with Crippen molar-refractivity contribution in [3.8, 4) is 0 Å². The Bertz CT molecular complexity index is 715. The predicted molar refractivity (Wildman–Crippen MR) is 91.2 cm³/mol. The molecule has 6 nitrogen and oxygen atoms in total. The Morgan fingerprint density at radius 1 is 0.625 bits per heavy atom. The zero-order valence-corrected chi connectivity index (χ0v) is 13.7. The minimum absolute atomic E-state index is 0.0906.